The molecule has 0 aliphatic carbocycles. The summed E-state index contributed by atoms with van der Waals surface area (Å²) < 4.78 is 0. The molecule has 0 radical (unpaired) electrons. The highest BCUT2D eigenvalue weighted by Crippen LogP contribution is 2.31. The number of anilines is 1. The molecular formula is C16H19N. The van der Waals surface area contributed by atoms with Gasteiger partial charge in [-0.05, 0) is 41.7 Å². The zero-order valence-corrected chi connectivity index (χ0v) is 10.7. The first kappa shape index (κ1) is 11.7. The Hall–Kier alpha value is -1.76. The van der Waals surface area contributed by atoms with Crippen LogP contribution in [0.5, 0.6) is 0 Å². The van der Waals surface area contributed by atoms with Crippen molar-refractivity contribution in [1.29, 1.82) is 0 Å². The van der Waals surface area contributed by atoms with Crippen LogP contribution in [0, 0.1) is 6.92 Å². The van der Waals surface area contributed by atoms with Crippen LogP contribution in [-0.4, -0.2) is 0 Å². The van der Waals surface area contributed by atoms with E-state index in [0.29, 0.717) is 5.92 Å². The standard InChI is InChI=1S/C16H19N/c1-11(2)13-8-9-16(17)15(10-13)14-7-5-4-6-12(14)3/h4-11H,17H2,1-3H3. The van der Waals surface area contributed by atoms with Crippen LogP contribution in [0.25, 0.3) is 11.1 Å². The molecule has 0 spiro atoms. The Kier molecular flexibility index (Phi) is 3.19. The molecule has 88 valence electrons. The molecule has 0 saturated carbocycles. The van der Waals surface area contributed by atoms with Gasteiger partial charge < -0.3 is 5.73 Å². The molecule has 0 fully saturated rings. The van der Waals surface area contributed by atoms with Gasteiger partial charge >= 0.3 is 0 Å². The molecule has 0 amide bonds. The first-order chi connectivity index (χ1) is 8.09. The van der Waals surface area contributed by atoms with Crippen molar-refractivity contribution in [2.75, 3.05) is 5.73 Å². The summed E-state index contributed by atoms with van der Waals surface area (Å²) in [4.78, 5) is 0. The zero-order chi connectivity index (χ0) is 12.4. The van der Waals surface area contributed by atoms with E-state index in [1.165, 1.54) is 16.7 Å². The van der Waals surface area contributed by atoms with Gasteiger partial charge in [0.1, 0.15) is 0 Å². The summed E-state index contributed by atoms with van der Waals surface area (Å²) in [6.45, 7) is 6.52. The van der Waals surface area contributed by atoms with E-state index in [1.807, 2.05) is 6.07 Å². The normalized spacial score (nSPS) is 10.8. The molecule has 0 heterocycles. The lowest BCUT2D eigenvalue weighted by Gasteiger charge is -2.13. The maximum atomic E-state index is 6.09. The zero-order valence-electron chi connectivity index (χ0n) is 10.7. The Balaban J connectivity index is 2.59. The van der Waals surface area contributed by atoms with Gasteiger partial charge in [-0.15, -0.1) is 0 Å². The summed E-state index contributed by atoms with van der Waals surface area (Å²) in [5, 5.41) is 0. The summed E-state index contributed by atoms with van der Waals surface area (Å²) in [6, 6.07) is 14.7. The van der Waals surface area contributed by atoms with Crippen molar-refractivity contribution in [1.82, 2.24) is 0 Å². The fourth-order valence-corrected chi connectivity index (χ4v) is 2.04. The minimum absolute atomic E-state index is 0.526. The van der Waals surface area contributed by atoms with E-state index in [-0.39, 0.29) is 0 Å². The van der Waals surface area contributed by atoms with Gasteiger partial charge in [-0.2, -0.15) is 0 Å². The van der Waals surface area contributed by atoms with Crippen LogP contribution in [0.1, 0.15) is 30.9 Å². The third kappa shape index (κ3) is 2.33. The highest BCUT2D eigenvalue weighted by molar-refractivity contribution is 5.79. The Morgan fingerprint density at radius 2 is 1.65 bits per heavy atom. The SMILES string of the molecule is Cc1ccccc1-c1cc(C(C)C)ccc1N. The Morgan fingerprint density at radius 1 is 0.941 bits per heavy atom. The minimum atomic E-state index is 0.526. The Bertz CT molecular complexity index is 527. The molecule has 2 N–H and O–H groups in total. The molecule has 2 rings (SSSR count). The van der Waals surface area contributed by atoms with E-state index in [4.69, 9.17) is 5.73 Å². The summed E-state index contributed by atoms with van der Waals surface area (Å²) in [5.41, 5.74) is 11.9. The molecule has 17 heavy (non-hydrogen) atoms. The largest absolute Gasteiger partial charge is 0.398 e. The minimum Gasteiger partial charge on any atom is -0.398 e. The van der Waals surface area contributed by atoms with Crippen LogP contribution in [-0.2, 0) is 0 Å². The number of nitrogen functional groups attached to an aromatic ring is 1. The van der Waals surface area contributed by atoms with Crippen molar-refractivity contribution < 1.29 is 0 Å². The van der Waals surface area contributed by atoms with Gasteiger partial charge in [0, 0.05) is 11.3 Å². The Labute approximate surface area is 103 Å². The third-order valence-electron chi connectivity index (χ3n) is 3.18. The van der Waals surface area contributed by atoms with Gasteiger partial charge in [0.15, 0.2) is 0 Å². The second kappa shape index (κ2) is 4.62. The van der Waals surface area contributed by atoms with Crippen LogP contribution in [0.2, 0.25) is 0 Å². The van der Waals surface area contributed by atoms with E-state index >= 15 is 0 Å². The maximum absolute atomic E-state index is 6.09. The van der Waals surface area contributed by atoms with Crippen LogP contribution >= 0.6 is 0 Å². The molecule has 0 aliphatic rings. The fraction of sp³-hybridized carbons (Fsp3) is 0.250. The van der Waals surface area contributed by atoms with E-state index in [9.17, 15) is 0 Å². The molecule has 0 saturated heterocycles. The van der Waals surface area contributed by atoms with E-state index < -0.39 is 0 Å². The highest BCUT2D eigenvalue weighted by Gasteiger charge is 2.07. The molecule has 2 aromatic rings. The number of hydrogen-bond donors (Lipinski definition) is 1. The lowest BCUT2D eigenvalue weighted by atomic mass is 9.94. The number of nitrogens with two attached hydrogens (primary N) is 1. The van der Waals surface area contributed by atoms with Crippen molar-refractivity contribution in [2.45, 2.75) is 26.7 Å². The van der Waals surface area contributed by atoms with Crippen LogP contribution in [0.4, 0.5) is 5.69 Å². The topological polar surface area (TPSA) is 26.0 Å². The number of benzene rings is 2. The van der Waals surface area contributed by atoms with Crippen molar-refractivity contribution in [3.8, 4) is 11.1 Å². The predicted octanol–water partition coefficient (Wildman–Crippen LogP) is 4.37. The number of hydrogen-bond acceptors (Lipinski definition) is 1. The van der Waals surface area contributed by atoms with Gasteiger partial charge in [-0.1, -0.05) is 44.2 Å². The van der Waals surface area contributed by atoms with Crippen LogP contribution < -0.4 is 5.73 Å². The molecule has 0 aromatic heterocycles. The summed E-state index contributed by atoms with van der Waals surface area (Å²) >= 11 is 0. The fourth-order valence-electron chi connectivity index (χ4n) is 2.04. The quantitative estimate of drug-likeness (QED) is 0.755. The first-order valence-corrected chi connectivity index (χ1v) is 6.05. The van der Waals surface area contributed by atoms with Gasteiger partial charge in [-0.25, -0.2) is 0 Å². The first-order valence-electron chi connectivity index (χ1n) is 6.05. The molecule has 0 bridgehead atoms. The average molecular weight is 225 g/mol. The molecule has 0 unspecified atom stereocenters. The second-order valence-corrected chi connectivity index (χ2v) is 4.82. The number of aryl methyl sites for hydroxylation is 1. The van der Waals surface area contributed by atoms with Crippen molar-refractivity contribution in [2.24, 2.45) is 0 Å². The van der Waals surface area contributed by atoms with Gasteiger partial charge in [-0.3, -0.25) is 0 Å². The molecule has 2 aromatic carbocycles. The lowest BCUT2D eigenvalue weighted by molar-refractivity contribution is 0.867. The van der Waals surface area contributed by atoms with Gasteiger partial charge in [0.05, 0.1) is 0 Å². The van der Waals surface area contributed by atoms with E-state index in [0.717, 1.165) is 11.3 Å². The summed E-state index contributed by atoms with van der Waals surface area (Å²) in [6.07, 6.45) is 0. The lowest BCUT2D eigenvalue weighted by Crippen LogP contribution is -1.95. The van der Waals surface area contributed by atoms with Crippen molar-refractivity contribution in [3.63, 3.8) is 0 Å². The number of rotatable bonds is 2. The van der Waals surface area contributed by atoms with Crippen LogP contribution in [0.3, 0.4) is 0 Å². The monoisotopic (exact) mass is 225 g/mol. The third-order valence-corrected chi connectivity index (χ3v) is 3.18. The second-order valence-electron chi connectivity index (χ2n) is 4.82. The van der Waals surface area contributed by atoms with Crippen LogP contribution in [0.15, 0.2) is 42.5 Å². The molecule has 0 aliphatic heterocycles. The smallest absolute Gasteiger partial charge is 0.0394 e. The predicted molar refractivity (Wildman–Crippen MR) is 75.1 cm³/mol. The summed E-state index contributed by atoms with van der Waals surface area (Å²) in [5.74, 6) is 0.526. The highest BCUT2D eigenvalue weighted by atomic mass is 14.6. The molecule has 1 heteroatoms. The molecule has 0 atom stereocenters. The van der Waals surface area contributed by atoms with E-state index in [2.05, 4.69) is 57.2 Å². The Morgan fingerprint density at radius 3 is 2.29 bits per heavy atom. The van der Waals surface area contributed by atoms with Gasteiger partial charge in [0.2, 0.25) is 0 Å². The summed E-state index contributed by atoms with van der Waals surface area (Å²) in [7, 11) is 0. The average Bonchev–Trinajstić information content (AvgIpc) is 2.30. The van der Waals surface area contributed by atoms with E-state index in [1.54, 1.807) is 0 Å². The van der Waals surface area contributed by atoms with Crippen molar-refractivity contribution >= 4 is 5.69 Å². The molecular weight excluding hydrogens is 206 g/mol. The molecule has 1 nitrogen and oxygen atoms in total. The maximum Gasteiger partial charge on any atom is 0.0394 e. The van der Waals surface area contributed by atoms with Gasteiger partial charge in [0.25, 0.3) is 0 Å². The van der Waals surface area contributed by atoms with Crippen molar-refractivity contribution in [3.05, 3.63) is 53.6 Å².